The van der Waals surface area contributed by atoms with Crippen molar-refractivity contribution in [3.05, 3.63) is 35.9 Å². The van der Waals surface area contributed by atoms with Crippen LogP contribution in [0.4, 0.5) is 0 Å². The van der Waals surface area contributed by atoms with Gasteiger partial charge in [0.2, 0.25) is 0 Å². The fraction of sp³-hybridized carbons (Fsp3) is 0.714. The van der Waals surface area contributed by atoms with Crippen LogP contribution in [0.2, 0.25) is 0 Å². The fourth-order valence-corrected chi connectivity index (χ4v) is 5.74. The van der Waals surface area contributed by atoms with E-state index in [9.17, 15) is 5.11 Å². The van der Waals surface area contributed by atoms with E-state index < -0.39 is 0 Å². The van der Waals surface area contributed by atoms with Crippen molar-refractivity contribution in [2.45, 2.75) is 70.1 Å². The third-order valence-corrected chi connectivity index (χ3v) is 7.11. The molecular formula is C21H32NO+. The first kappa shape index (κ1) is 15.7. The average molecular weight is 314 g/mol. The van der Waals surface area contributed by atoms with Crippen molar-refractivity contribution in [1.29, 1.82) is 0 Å². The molecule has 2 bridgehead atoms. The van der Waals surface area contributed by atoms with Crippen molar-refractivity contribution in [2.24, 2.45) is 11.8 Å². The van der Waals surface area contributed by atoms with Gasteiger partial charge in [-0.25, -0.2) is 0 Å². The Hall–Kier alpha value is -0.860. The lowest BCUT2D eigenvalue weighted by Crippen LogP contribution is -2.67. The van der Waals surface area contributed by atoms with Crippen LogP contribution in [0.25, 0.3) is 0 Å². The van der Waals surface area contributed by atoms with E-state index in [0.29, 0.717) is 12.0 Å². The zero-order chi connectivity index (χ0) is 15.7. The smallest absolute Gasteiger partial charge is 0.116 e. The molecular weight excluding hydrogens is 282 g/mol. The van der Waals surface area contributed by atoms with Crippen LogP contribution in [0, 0.1) is 11.8 Å². The lowest BCUT2D eigenvalue weighted by molar-refractivity contribution is -0.981. The van der Waals surface area contributed by atoms with E-state index >= 15 is 0 Å². The number of nitrogens with zero attached hydrogens (tertiary/aromatic N) is 1. The fourth-order valence-electron chi connectivity index (χ4n) is 5.74. The Labute approximate surface area is 141 Å². The molecule has 0 amide bonds. The summed E-state index contributed by atoms with van der Waals surface area (Å²) in [5.74, 6) is 1.45. The Balaban J connectivity index is 1.56. The molecule has 1 aliphatic carbocycles. The van der Waals surface area contributed by atoms with E-state index in [4.69, 9.17) is 0 Å². The van der Waals surface area contributed by atoms with Crippen molar-refractivity contribution < 1.29 is 9.59 Å². The van der Waals surface area contributed by atoms with Gasteiger partial charge in [-0.15, -0.1) is 0 Å². The highest BCUT2D eigenvalue weighted by Crippen LogP contribution is 2.43. The van der Waals surface area contributed by atoms with Crippen molar-refractivity contribution in [3.8, 4) is 0 Å². The van der Waals surface area contributed by atoms with Crippen LogP contribution in [-0.2, 0) is 6.54 Å². The zero-order valence-corrected chi connectivity index (χ0v) is 14.4. The third-order valence-electron chi connectivity index (χ3n) is 7.11. The van der Waals surface area contributed by atoms with E-state index in [1.165, 1.54) is 70.0 Å². The predicted molar refractivity (Wildman–Crippen MR) is 93.9 cm³/mol. The van der Waals surface area contributed by atoms with Gasteiger partial charge in [0.15, 0.2) is 0 Å². The van der Waals surface area contributed by atoms with E-state index in [1.54, 1.807) is 0 Å². The highest BCUT2D eigenvalue weighted by atomic mass is 16.3. The van der Waals surface area contributed by atoms with Gasteiger partial charge in [0.1, 0.15) is 18.7 Å². The highest BCUT2D eigenvalue weighted by Gasteiger charge is 2.51. The van der Waals surface area contributed by atoms with Gasteiger partial charge in [-0.3, -0.25) is 0 Å². The number of hydrogen-bond donors (Lipinski definition) is 1. The van der Waals surface area contributed by atoms with Gasteiger partial charge in [-0.1, -0.05) is 49.6 Å². The van der Waals surface area contributed by atoms with Gasteiger partial charge >= 0.3 is 0 Å². The van der Waals surface area contributed by atoms with Crippen LogP contribution < -0.4 is 0 Å². The number of benzene rings is 1. The predicted octanol–water partition coefficient (Wildman–Crippen LogP) is 4.13. The second kappa shape index (κ2) is 6.57. The summed E-state index contributed by atoms with van der Waals surface area (Å²) in [5.41, 5.74) is 1.45. The van der Waals surface area contributed by atoms with Crippen LogP contribution in [-0.4, -0.2) is 34.8 Å². The monoisotopic (exact) mass is 314 g/mol. The molecule has 2 nitrogen and oxygen atoms in total. The maximum absolute atomic E-state index is 11.2. The van der Waals surface area contributed by atoms with Gasteiger partial charge < -0.3 is 9.59 Å². The number of hydrogen-bond acceptors (Lipinski definition) is 1. The van der Waals surface area contributed by atoms with Crippen molar-refractivity contribution >= 4 is 0 Å². The molecule has 126 valence electrons. The minimum absolute atomic E-state index is 0.0675. The van der Waals surface area contributed by atoms with E-state index in [0.717, 1.165) is 16.9 Å². The maximum Gasteiger partial charge on any atom is 0.116 e. The van der Waals surface area contributed by atoms with Gasteiger partial charge in [-0.2, -0.15) is 0 Å². The number of piperidine rings is 3. The second-order valence-electron chi connectivity index (χ2n) is 8.44. The lowest BCUT2D eigenvalue weighted by Gasteiger charge is -2.56. The van der Waals surface area contributed by atoms with E-state index in [2.05, 4.69) is 30.3 Å². The summed E-state index contributed by atoms with van der Waals surface area (Å²) in [4.78, 5) is 0. The Morgan fingerprint density at radius 3 is 2.35 bits per heavy atom. The molecule has 3 heterocycles. The summed E-state index contributed by atoms with van der Waals surface area (Å²) in [6.45, 7) is 3.70. The zero-order valence-electron chi connectivity index (χ0n) is 14.4. The molecule has 1 saturated carbocycles. The molecule has 2 heteroatoms. The van der Waals surface area contributed by atoms with Gasteiger partial charge in [-0.05, 0) is 37.5 Å². The van der Waals surface area contributed by atoms with Crippen LogP contribution in [0.3, 0.4) is 0 Å². The Bertz CT molecular complexity index is 500. The Morgan fingerprint density at radius 1 is 0.957 bits per heavy atom. The minimum Gasteiger partial charge on any atom is -0.387 e. The average Bonchev–Trinajstić information content (AvgIpc) is 2.63. The molecule has 0 unspecified atom stereocenters. The normalized spacial score (nSPS) is 36.0. The maximum atomic E-state index is 11.2. The summed E-state index contributed by atoms with van der Waals surface area (Å²) in [6, 6.07) is 11.5. The molecule has 23 heavy (non-hydrogen) atoms. The van der Waals surface area contributed by atoms with E-state index in [-0.39, 0.29) is 6.10 Å². The number of aliphatic hydroxyl groups is 1. The molecule has 4 fully saturated rings. The Morgan fingerprint density at radius 2 is 1.65 bits per heavy atom. The first-order valence-electron chi connectivity index (χ1n) is 9.85. The SMILES string of the molecule is O[C@@H](C1CCCCC1)[C@H]1CC2CC[N+]1(Cc1ccccc1)CC2. The van der Waals surface area contributed by atoms with Crippen LogP contribution in [0.1, 0.15) is 56.9 Å². The van der Waals surface area contributed by atoms with Gasteiger partial charge in [0, 0.05) is 12.0 Å². The third kappa shape index (κ3) is 3.08. The molecule has 3 aliphatic heterocycles. The topological polar surface area (TPSA) is 20.2 Å². The molecule has 3 saturated heterocycles. The van der Waals surface area contributed by atoms with Gasteiger partial charge in [0.25, 0.3) is 0 Å². The summed E-state index contributed by atoms with van der Waals surface area (Å²) in [6.07, 6.45) is 10.5. The second-order valence-corrected chi connectivity index (χ2v) is 8.44. The number of quaternary nitrogens is 1. The highest BCUT2D eigenvalue weighted by molar-refractivity contribution is 5.13. The number of aliphatic hydroxyl groups excluding tert-OH is 1. The first-order chi connectivity index (χ1) is 11.3. The molecule has 1 N–H and O–H groups in total. The molecule has 0 radical (unpaired) electrons. The van der Waals surface area contributed by atoms with Crippen LogP contribution in [0.5, 0.6) is 0 Å². The number of rotatable bonds is 4. The Kier molecular flexibility index (Phi) is 4.47. The summed E-state index contributed by atoms with van der Waals surface area (Å²) in [5, 5.41) is 11.2. The molecule has 0 spiro atoms. The molecule has 1 aromatic carbocycles. The quantitative estimate of drug-likeness (QED) is 0.829. The van der Waals surface area contributed by atoms with Crippen LogP contribution >= 0.6 is 0 Å². The largest absolute Gasteiger partial charge is 0.387 e. The van der Waals surface area contributed by atoms with Crippen LogP contribution in [0.15, 0.2) is 30.3 Å². The molecule has 4 aliphatic rings. The summed E-state index contributed by atoms with van der Waals surface area (Å²) < 4.78 is 1.16. The van der Waals surface area contributed by atoms with Crippen molar-refractivity contribution in [2.75, 3.05) is 13.1 Å². The van der Waals surface area contributed by atoms with E-state index in [1.807, 2.05) is 0 Å². The molecule has 2 atom stereocenters. The molecule has 1 aromatic rings. The first-order valence-corrected chi connectivity index (χ1v) is 9.85. The number of fused-ring (bicyclic) bond motifs is 3. The van der Waals surface area contributed by atoms with Crippen molar-refractivity contribution in [3.63, 3.8) is 0 Å². The lowest BCUT2D eigenvalue weighted by atomic mass is 9.73. The summed E-state index contributed by atoms with van der Waals surface area (Å²) >= 11 is 0. The molecule has 0 aromatic heterocycles. The summed E-state index contributed by atoms with van der Waals surface area (Å²) in [7, 11) is 0. The van der Waals surface area contributed by atoms with Gasteiger partial charge in [0.05, 0.1) is 13.1 Å². The molecule has 5 rings (SSSR count). The minimum atomic E-state index is -0.0675. The standard InChI is InChI=1S/C21H32NO/c23-21(19-9-5-2-6-10-19)20-15-17-11-13-22(20,14-12-17)16-18-7-3-1-4-8-18/h1,3-4,7-8,17,19-21,23H,2,5-6,9-16H2/q+1/t17?,20-,21+,22?/m1/s1. The van der Waals surface area contributed by atoms with Crippen molar-refractivity contribution in [1.82, 2.24) is 0 Å².